The number of ether oxygens (including phenoxy) is 1. The van der Waals surface area contributed by atoms with E-state index in [1.165, 1.54) is 12.0 Å². The van der Waals surface area contributed by atoms with E-state index < -0.39 is 21.8 Å². The van der Waals surface area contributed by atoms with Crippen LogP contribution in [-0.4, -0.2) is 56.4 Å². The zero-order chi connectivity index (χ0) is 17.7. The van der Waals surface area contributed by atoms with Crippen molar-refractivity contribution in [1.82, 2.24) is 4.90 Å². The minimum atomic E-state index is -3.14. The fourth-order valence-corrected chi connectivity index (χ4v) is 4.69. The third-order valence-electron chi connectivity index (χ3n) is 4.05. The van der Waals surface area contributed by atoms with Gasteiger partial charge in [0.25, 0.3) is 0 Å². The van der Waals surface area contributed by atoms with Crippen LogP contribution in [-0.2, 0) is 30.6 Å². The van der Waals surface area contributed by atoms with E-state index in [2.05, 4.69) is 4.74 Å². The molecule has 1 heterocycles. The van der Waals surface area contributed by atoms with Crippen molar-refractivity contribution >= 4 is 33.3 Å². The van der Waals surface area contributed by atoms with Crippen LogP contribution in [0.4, 0.5) is 0 Å². The average molecular weight is 374 g/mol. The van der Waals surface area contributed by atoms with Crippen molar-refractivity contribution in [2.24, 2.45) is 0 Å². The molecular formula is C16H20ClNO5S. The molecule has 0 bridgehead atoms. The number of nitrogens with zero attached hydrogens (tertiary/aromatic N) is 1. The second-order valence-corrected chi connectivity index (χ2v) is 8.37. The summed E-state index contributed by atoms with van der Waals surface area (Å²) in [5.41, 5.74) is 0.674. The Kier molecular flexibility index (Phi) is 6.23. The second kappa shape index (κ2) is 7.98. The molecule has 0 radical (unpaired) electrons. The predicted octanol–water partition coefficient (Wildman–Crippen LogP) is 1.46. The van der Waals surface area contributed by atoms with Crippen molar-refractivity contribution in [2.45, 2.75) is 25.3 Å². The predicted molar refractivity (Wildman–Crippen MR) is 90.6 cm³/mol. The number of benzene rings is 1. The Morgan fingerprint density at radius 1 is 1.33 bits per heavy atom. The van der Waals surface area contributed by atoms with Gasteiger partial charge >= 0.3 is 5.97 Å². The van der Waals surface area contributed by atoms with E-state index in [0.29, 0.717) is 17.0 Å². The molecule has 6 nitrogen and oxygen atoms in total. The first kappa shape index (κ1) is 18.7. The number of carbonyl (C=O) groups excluding carboxylic acids is 2. The fourth-order valence-electron chi connectivity index (χ4n) is 2.75. The summed E-state index contributed by atoms with van der Waals surface area (Å²) in [4.78, 5) is 25.6. The average Bonchev–Trinajstić information content (AvgIpc) is 2.89. The molecule has 1 atom stereocenters. The summed E-state index contributed by atoms with van der Waals surface area (Å²) in [5.74, 6) is -0.686. The maximum atomic E-state index is 12.7. The Balaban J connectivity index is 2.13. The van der Waals surface area contributed by atoms with Crippen LogP contribution < -0.4 is 0 Å². The molecular weight excluding hydrogens is 354 g/mol. The molecule has 24 heavy (non-hydrogen) atoms. The van der Waals surface area contributed by atoms with Gasteiger partial charge < -0.3 is 9.64 Å². The van der Waals surface area contributed by atoms with Crippen molar-refractivity contribution in [2.75, 3.05) is 25.2 Å². The molecule has 1 aliphatic rings. The SMILES string of the molecule is COC(=O)CCN(C(=O)Cc1ccccc1Cl)C1CCS(=O)(=O)C1. The maximum absolute atomic E-state index is 12.7. The lowest BCUT2D eigenvalue weighted by atomic mass is 10.1. The highest BCUT2D eigenvalue weighted by Gasteiger charge is 2.34. The van der Waals surface area contributed by atoms with Crippen LogP contribution in [0.5, 0.6) is 0 Å². The van der Waals surface area contributed by atoms with E-state index in [4.69, 9.17) is 11.6 Å². The summed E-state index contributed by atoms with van der Waals surface area (Å²) >= 11 is 6.09. The van der Waals surface area contributed by atoms with Gasteiger partial charge in [0.05, 0.1) is 31.5 Å². The number of halogens is 1. The van der Waals surface area contributed by atoms with Gasteiger partial charge in [-0.3, -0.25) is 9.59 Å². The van der Waals surface area contributed by atoms with E-state index in [0.717, 1.165) is 0 Å². The van der Waals surface area contributed by atoms with Crippen molar-refractivity contribution in [3.63, 3.8) is 0 Å². The maximum Gasteiger partial charge on any atom is 0.307 e. The van der Waals surface area contributed by atoms with Gasteiger partial charge in [0, 0.05) is 17.6 Å². The first-order valence-corrected chi connectivity index (χ1v) is 9.82. The van der Waals surface area contributed by atoms with Crippen molar-refractivity contribution in [3.8, 4) is 0 Å². The Hall–Kier alpha value is -1.60. The molecule has 1 aliphatic heterocycles. The zero-order valence-corrected chi connectivity index (χ0v) is 15.0. The number of hydrogen-bond acceptors (Lipinski definition) is 5. The molecule has 0 aromatic heterocycles. The summed E-state index contributed by atoms with van der Waals surface area (Å²) in [5, 5.41) is 0.484. The molecule has 0 aliphatic carbocycles. The number of esters is 1. The molecule has 0 N–H and O–H groups in total. The number of carbonyl (C=O) groups is 2. The number of hydrogen-bond donors (Lipinski definition) is 0. The number of sulfone groups is 1. The van der Waals surface area contributed by atoms with Gasteiger partial charge in [-0.2, -0.15) is 0 Å². The van der Waals surface area contributed by atoms with Crippen LogP contribution in [0, 0.1) is 0 Å². The standard InChI is InChI=1S/C16H20ClNO5S/c1-23-16(20)6-8-18(13-7-9-24(21,22)11-13)15(19)10-12-4-2-3-5-14(12)17/h2-5,13H,6-11H2,1H3. The minimum Gasteiger partial charge on any atom is -0.469 e. The van der Waals surface area contributed by atoms with Crippen molar-refractivity contribution in [3.05, 3.63) is 34.9 Å². The smallest absolute Gasteiger partial charge is 0.307 e. The van der Waals surface area contributed by atoms with Crippen LogP contribution in [0.1, 0.15) is 18.4 Å². The van der Waals surface area contributed by atoms with E-state index in [9.17, 15) is 18.0 Å². The summed E-state index contributed by atoms with van der Waals surface area (Å²) in [6.45, 7) is 0.135. The molecule has 132 valence electrons. The Labute approximate surface area is 146 Å². The normalized spacial score (nSPS) is 19.0. The Morgan fingerprint density at radius 2 is 2.04 bits per heavy atom. The van der Waals surface area contributed by atoms with Crippen molar-refractivity contribution < 1.29 is 22.7 Å². The molecule has 1 saturated heterocycles. The lowest BCUT2D eigenvalue weighted by Gasteiger charge is -2.28. The summed E-state index contributed by atoms with van der Waals surface area (Å²) in [6, 6.07) is 6.60. The third-order valence-corrected chi connectivity index (χ3v) is 6.17. The van der Waals surface area contributed by atoms with E-state index in [1.807, 2.05) is 0 Å². The topological polar surface area (TPSA) is 80.8 Å². The van der Waals surface area contributed by atoms with Gasteiger partial charge in [-0.15, -0.1) is 0 Å². The molecule has 0 saturated carbocycles. The van der Waals surface area contributed by atoms with E-state index in [1.54, 1.807) is 24.3 Å². The Morgan fingerprint density at radius 3 is 2.62 bits per heavy atom. The summed E-state index contributed by atoms with van der Waals surface area (Å²) < 4.78 is 28.1. The van der Waals surface area contributed by atoms with Crippen LogP contribution in [0.25, 0.3) is 0 Å². The van der Waals surface area contributed by atoms with Gasteiger partial charge in [-0.25, -0.2) is 8.42 Å². The summed E-state index contributed by atoms with van der Waals surface area (Å²) in [6.07, 6.45) is 0.483. The first-order valence-electron chi connectivity index (χ1n) is 7.62. The fraction of sp³-hybridized carbons (Fsp3) is 0.500. The quantitative estimate of drug-likeness (QED) is 0.705. The van der Waals surface area contributed by atoms with Gasteiger partial charge in [0.1, 0.15) is 0 Å². The van der Waals surface area contributed by atoms with Crippen LogP contribution in [0.2, 0.25) is 5.02 Å². The molecule has 1 aromatic carbocycles. The van der Waals surface area contributed by atoms with Crippen LogP contribution >= 0.6 is 11.6 Å². The second-order valence-electron chi connectivity index (χ2n) is 5.74. The van der Waals surface area contributed by atoms with Gasteiger partial charge in [0.2, 0.25) is 5.91 Å². The number of amides is 1. The molecule has 8 heteroatoms. The largest absolute Gasteiger partial charge is 0.469 e. The van der Waals surface area contributed by atoms with Crippen LogP contribution in [0.15, 0.2) is 24.3 Å². The first-order chi connectivity index (χ1) is 11.3. The molecule has 1 fully saturated rings. The molecule has 1 aromatic rings. The highest BCUT2D eigenvalue weighted by atomic mass is 35.5. The highest BCUT2D eigenvalue weighted by molar-refractivity contribution is 7.91. The van der Waals surface area contributed by atoms with E-state index in [-0.39, 0.29) is 36.8 Å². The third kappa shape index (κ3) is 4.95. The van der Waals surface area contributed by atoms with Gasteiger partial charge in [0.15, 0.2) is 9.84 Å². The van der Waals surface area contributed by atoms with Crippen molar-refractivity contribution in [1.29, 1.82) is 0 Å². The minimum absolute atomic E-state index is 0.0291. The highest BCUT2D eigenvalue weighted by Crippen LogP contribution is 2.21. The number of rotatable bonds is 6. The lowest BCUT2D eigenvalue weighted by Crippen LogP contribution is -2.43. The van der Waals surface area contributed by atoms with Crippen LogP contribution in [0.3, 0.4) is 0 Å². The summed E-state index contributed by atoms with van der Waals surface area (Å²) in [7, 11) is -1.86. The number of methoxy groups -OCH3 is 1. The molecule has 1 amide bonds. The monoisotopic (exact) mass is 373 g/mol. The molecule has 2 rings (SSSR count). The zero-order valence-electron chi connectivity index (χ0n) is 13.4. The lowest BCUT2D eigenvalue weighted by molar-refractivity contribution is -0.142. The molecule has 0 spiro atoms. The Bertz CT molecular complexity index is 719. The van der Waals surface area contributed by atoms with E-state index >= 15 is 0 Å². The van der Waals surface area contributed by atoms with Gasteiger partial charge in [-0.1, -0.05) is 29.8 Å². The van der Waals surface area contributed by atoms with Gasteiger partial charge in [-0.05, 0) is 18.1 Å². The molecule has 1 unspecified atom stereocenters.